The lowest BCUT2D eigenvalue weighted by molar-refractivity contribution is -0.119. The van der Waals surface area contributed by atoms with Gasteiger partial charge in [0.25, 0.3) is 0 Å². The Labute approximate surface area is 191 Å². The van der Waals surface area contributed by atoms with Crippen LogP contribution in [-0.4, -0.2) is 17.0 Å². The Kier molecular flexibility index (Phi) is 6.36. The van der Waals surface area contributed by atoms with Crippen LogP contribution in [0.1, 0.15) is 98.8 Å². The molecule has 3 saturated carbocycles. The largest absolute Gasteiger partial charge is 0.389 e. The average molecular weight is 427 g/mol. The van der Waals surface area contributed by atoms with Crippen LogP contribution in [0.5, 0.6) is 0 Å². The van der Waals surface area contributed by atoms with Crippen molar-refractivity contribution in [1.29, 1.82) is 0 Å². The smallest absolute Gasteiger partial charge is 0.155 e. The minimum Gasteiger partial charge on any atom is -0.389 e. The Morgan fingerprint density at radius 1 is 1.19 bits per heavy atom. The van der Waals surface area contributed by atoms with Crippen molar-refractivity contribution in [3.8, 4) is 0 Å². The van der Waals surface area contributed by atoms with Gasteiger partial charge in [0.2, 0.25) is 0 Å². The molecule has 0 bridgehead atoms. The van der Waals surface area contributed by atoms with Crippen molar-refractivity contribution in [3.05, 3.63) is 23.8 Å². The van der Waals surface area contributed by atoms with Gasteiger partial charge in [-0.15, -0.1) is 0 Å². The van der Waals surface area contributed by atoms with E-state index in [1.54, 1.807) is 0 Å². The zero-order valence-corrected chi connectivity index (χ0v) is 20.8. The van der Waals surface area contributed by atoms with Crippen molar-refractivity contribution in [2.75, 3.05) is 0 Å². The third-order valence-electron chi connectivity index (χ3n) is 10.9. The molecule has 4 aliphatic carbocycles. The summed E-state index contributed by atoms with van der Waals surface area (Å²) >= 11 is 0. The van der Waals surface area contributed by atoms with Crippen molar-refractivity contribution in [1.82, 2.24) is 0 Å². The molecule has 0 aliphatic heterocycles. The van der Waals surface area contributed by atoms with Gasteiger partial charge >= 0.3 is 0 Å². The Morgan fingerprint density at radius 2 is 1.94 bits per heavy atom. The fourth-order valence-electron chi connectivity index (χ4n) is 9.05. The number of allylic oxidation sites excluding steroid dienone is 1. The Hall–Kier alpha value is -0.890. The summed E-state index contributed by atoms with van der Waals surface area (Å²) in [6.07, 6.45) is 13.0. The molecule has 4 rings (SSSR count). The molecule has 1 N–H and O–H groups in total. The quantitative estimate of drug-likeness (QED) is 0.459. The molecule has 9 unspecified atom stereocenters. The molecule has 0 saturated heterocycles. The third-order valence-corrected chi connectivity index (χ3v) is 10.9. The fourth-order valence-corrected chi connectivity index (χ4v) is 9.05. The van der Waals surface area contributed by atoms with E-state index in [-0.39, 0.29) is 11.2 Å². The standard InChI is InChI=1S/C29H46O2/c1-7-20(18(2)3)9-8-19(4)23-10-11-24-22-17-27(31)26-16-21(30)12-14-29(26,6)25(22)13-15-28(23,24)5/h16,19-20,22-25,27,31H,2,7-15,17H2,1,3-6H3. The summed E-state index contributed by atoms with van der Waals surface area (Å²) in [6, 6.07) is 0. The first-order chi connectivity index (χ1) is 14.6. The van der Waals surface area contributed by atoms with Gasteiger partial charge in [-0.05, 0) is 123 Å². The lowest BCUT2D eigenvalue weighted by atomic mass is 9.46. The molecule has 0 spiro atoms. The first kappa shape index (κ1) is 23.3. The molecule has 0 aromatic carbocycles. The molecule has 0 radical (unpaired) electrons. The van der Waals surface area contributed by atoms with Crippen LogP contribution in [0.3, 0.4) is 0 Å². The average Bonchev–Trinajstić information content (AvgIpc) is 3.07. The van der Waals surface area contributed by atoms with E-state index in [0.29, 0.717) is 29.6 Å². The number of hydrogen-bond donors (Lipinski definition) is 1. The fraction of sp³-hybridized carbons (Fsp3) is 0.828. The Morgan fingerprint density at radius 3 is 2.61 bits per heavy atom. The van der Waals surface area contributed by atoms with Gasteiger partial charge in [-0.1, -0.05) is 39.8 Å². The van der Waals surface area contributed by atoms with Gasteiger partial charge in [0.1, 0.15) is 0 Å². The van der Waals surface area contributed by atoms with Crippen LogP contribution in [0.2, 0.25) is 0 Å². The molecule has 174 valence electrons. The molecule has 2 heteroatoms. The van der Waals surface area contributed by atoms with E-state index in [2.05, 4.69) is 41.2 Å². The van der Waals surface area contributed by atoms with Gasteiger partial charge in [0.05, 0.1) is 6.10 Å². The summed E-state index contributed by atoms with van der Waals surface area (Å²) in [4.78, 5) is 12.1. The van der Waals surface area contributed by atoms with Gasteiger partial charge in [0, 0.05) is 6.42 Å². The normalized spacial score (nSPS) is 44.0. The Balaban J connectivity index is 1.51. The highest BCUT2D eigenvalue weighted by molar-refractivity contribution is 5.91. The molecule has 0 aromatic rings. The number of ketones is 1. The molecule has 0 amide bonds. The lowest BCUT2D eigenvalue weighted by Gasteiger charge is -2.59. The first-order valence-electron chi connectivity index (χ1n) is 13.2. The van der Waals surface area contributed by atoms with Crippen molar-refractivity contribution >= 4 is 5.78 Å². The van der Waals surface area contributed by atoms with Crippen LogP contribution >= 0.6 is 0 Å². The van der Waals surface area contributed by atoms with E-state index in [4.69, 9.17) is 0 Å². The molecule has 4 aliphatic rings. The zero-order chi connectivity index (χ0) is 22.6. The highest BCUT2D eigenvalue weighted by Gasteiger charge is 2.60. The minimum atomic E-state index is -0.407. The van der Waals surface area contributed by atoms with E-state index in [0.717, 1.165) is 36.2 Å². The number of aliphatic hydroxyl groups excluding tert-OH is 1. The highest BCUT2D eigenvalue weighted by Crippen LogP contribution is 2.67. The maximum Gasteiger partial charge on any atom is 0.155 e. The predicted octanol–water partition coefficient (Wildman–Crippen LogP) is 7.12. The van der Waals surface area contributed by atoms with Crippen molar-refractivity contribution in [2.24, 2.45) is 46.3 Å². The number of carbonyl (C=O) groups is 1. The minimum absolute atomic E-state index is 0.0388. The van der Waals surface area contributed by atoms with Crippen LogP contribution in [0.15, 0.2) is 23.8 Å². The summed E-state index contributed by atoms with van der Waals surface area (Å²) in [5.74, 6) is 4.50. The van der Waals surface area contributed by atoms with Crippen LogP contribution in [0.4, 0.5) is 0 Å². The topological polar surface area (TPSA) is 37.3 Å². The van der Waals surface area contributed by atoms with Gasteiger partial charge in [0.15, 0.2) is 5.78 Å². The predicted molar refractivity (Wildman–Crippen MR) is 129 cm³/mol. The summed E-state index contributed by atoms with van der Waals surface area (Å²) in [6.45, 7) is 16.2. The van der Waals surface area contributed by atoms with Crippen LogP contribution in [0, 0.1) is 46.3 Å². The van der Waals surface area contributed by atoms with E-state index in [1.807, 2.05) is 6.08 Å². The molecule has 2 nitrogen and oxygen atoms in total. The molecular formula is C29H46O2. The summed E-state index contributed by atoms with van der Waals surface area (Å²) < 4.78 is 0. The van der Waals surface area contributed by atoms with Crippen LogP contribution in [-0.2, 0) is 4.79 Å². The maximum atomic E-state index is 12.1. The molecule has 31 heavy (non-hydrogen) atoms. The maximum absolute atomic E-state index is 12.1. The Bertz CT molecular complexity index is 750. The highest BCUT2D eigenvalue weighted by atomic mass is 16.3. The SMILES string of the molecule is C=C(C)C(CC)CCC(C)C1CCC2C3CC(O)C4=CC(=O)CCC4(C)C3CCC12C. The van der Waals surface area contributed by atoms with Crippen molar-refractivity contribution < 1.29 is 9.90 Å². The van der Waals surface area contributed by atoms with Gasteiger partial charge in [-0.3, -0.25) is 4.79 Å². The molecular weight excluding hydrogens is 380 g/mol. The van der Waals surface area contributed by atoms with Gasteiger partial charge in [-0.2, -0.15) is 0 Å². The zero-order valence-electron chi connectivity index (χ0n) is 20.8. The second kappa shape index (κ2) is 8.47. The molecule has 3 fully saturated rings. The number of aliphatic hydroxyl groups is 1. The number of carbonyl (C=O) groups excluding carboxylic acids is 1. The van der Waals surface area contributed by atoms with E-state index in [1.165, 1.54) is 50.5 Å². The van der Waals surface area contributed by atoms with E-state index < -0.39 is 6.10 Å². The summed E-state index contributed by atoms with van der Waals surface area (Å²) in [5, 5.41) is 11.1. The summed E-state index contributed by atoms with van der Waals surface area (Å²) in [5.41, 5.74) is 2.89. The molecule has 0 heterocycles. The summed E-state index contributed by atoms with van der Waals surface area (Å²) in [7, 11) is 0. The van der Waals surface area contributed by atoms with Gasteiger partial charge in [-0.25, -0.2) is 0 Å². The molecule has 9 atom stereocenters. The number of hydrogen-bond acceptors (Lipinski definition) is 2. The van der Waals surface area contributed by atoms with Gasteiger partial charge < -0.3 is 5.11 Å². The van der Waals surface area contributed by atoms with Crippen molar-refractivity contribution in [3.63, 3.8) is 0 Å². The first-order valence-corrected chi connectivity index (χ1v) is 13.2. The number of rotatable bonds is 6. The molecule has 0 aromatic heterocycles. The second-order valence-electron chi connectivity index (χ2n) is 12.3. The van der Waals surface area contributed by atoms with Crippen LogP contribution < -0.4 is 0 Å². The third kappa shape index (κ3) is 3.79. The van der Waals surface area contributed by atoms with Crippen molar-refractivity contribution in [2.45, 2.75) is 105 Å². The number of fused-ring (bicyclic) bond motifs is 5. The van der Waals surface area contributed by atoms with E-state index in [9.17, 15) is 9.90 Å². The van der Waals surface area contributed by atoms with Crippen LogP contribution in [0.25, 0.3) is 0 Å². The van der Waals surface area contributed by atoms with E-state index >= 15 is 0 Å². The second-order valence-corrected chi connectivity index (χ2v) is 12.3. The monoisotopic (exact) mass is 426 g/mol. The lowest BCUT2D eigenvalue weighted by Crippen LogP contribution is -2.54.